The Hall–Kier alpha value is -2.82. The molecule has 1 aliphatic heterocycles. The van der Waals surface area contributed by atoms with Gasteiger partial charge in [-0.2, -0.15) is 0 Å². The molecule has 0 unspecified atom stereocenters. The fourth-order valence-corrected chi connectivity index (χ4v) is 3.63. The second-order valence-corrected chi connectivity index (χ2v) is 8.27. The average Bonchev–Trinajstić information content (AvgIpc) is 3.13. The molecule has 1 saturated heterocycles. The van der Waals surface area contributed by atoms with Gasteiger partial charge in [0.25, 0.3) is 0 Å². The molecule has 0 radical (unpaired) electrons. The molecule has 2 aromatic carbocycles. The van der Waals surface area contributed by atoms with Crippen LogP contribution in [0.25, 0.3) is 0 Å². The van der Waals surface area contributed by atoms with E-state index in [1.165, 1.54) is 16.7 Å². The number of guanidine groups is 1. The van der Waals surface area contributed by atoms with Crippen LogP contribution >= 0.6 is 0 Å². The number of rotatable bonds is 7. The second kappa shape index (κ2) is 9.59. The predicted octanol–water partition coefficient (Wildman–Crippen LogP) is 3.45. The van der Waals surface area contributed by atoms with E-state index >= 15 is 0 Å². The van der Waals surface area contributed by atoms with Crippen molar-refractivity contribution in [3.63, 3.8) is 0 Å². The van der Waals surface area contributed by atoms with Crippen molar-refractivity contribution in [2.24, 2.45) is 4.99 Å². The summed E-state index contributed by atoms with van der Waals surface area (Å²) in [5.41, 5.74) is 3.65. The number of nitrogens with zero attached hydrogens (tertiary/aromatic N) is 2. The number of amides is 1. The SMILES string of the molecule is CN=C(NCc1cccc(CN2CCCC2=O)c1)NCC(C)(C)c1ccccc1. The number of carbonyl (C=O) groups excluding carboxylic acids is 1. The van der Waals surface area contributed by atoms with Gasteiger partial charge in [-0.05, 0) is 23.1 Å². The summed E-state index contributed by atoms with van der Waals surface area (Å²) in [6.45, 7) is 7.50. The van der Waals surface area contributed by atoms with Crippen molar-refractivity contribution in [2.75, 3.05) is 20.1 Å². The highest BCUT2D eigenvalue weighted by atomic mass is 16.2. The van der Waals surface area contributed by atoms with Gasteiger partial charge >= 0.3 is 0 Å². The van der Waals surface area contributed by atoms with Crippen molar-refractivity contribution < 1.29 is 4.79 Å². The van der Waals surface area contributed by atoms with Gasteiger partial charge in [0.2, 0.25) is 5.91 Å². The zero-order valence-corrected chi connectivity index (χ0v) is 17.7. The van der Waals surface area contributed by atoms with Gasteiger partial charge in [-0.15, -0.1) is 0 Å². The Morgan fingerprint density at radius 1 is 1.07 bits per heavy atom. The normalized spacial score (nSPS) is 14.9. The maximum absolute atomic E-state index is 11.9. The number of benzene rings is 2. The van der Waals surface area contributed by atoms with E-state index in [0.717, 1.165) is 25.5 Å². The van der Waals surface area contributed by atoms with E-state index in [2.05, 4.69) is 78.0 Å². The first-order valence-electron chi connectivity index (χ1n) is 10.3. The molecule has 0 aromatic heterocycles. The highest BCUT2D eigenvalue weighted by Crippen LogP contribution is 2.21. The molecule has 3 rings (SSSR count). The van der Waals surface area contributed by atoms with Crippen LogP contribution in [0.15, 0.2) is 59.6 Å². The number of hydrogen-bond donors (Lipinski definition) is 2. The standard InChI is InChI=1S/C24H32N4O/c1-24(2,21-11-5-4-6-12-21)18-27-23(25-3)26-16-19-9-7-10-20(15-19)17-28-14-8-13-22(28)29/h4-7,9-12,15H,8,13-14,16-18H2,1-3H3,(H2,25,26,27). The summed E-state index contributed by atoms with van der Waals surface area (Å²) in [7, 11) is 1.79. The lowest BCUT2D eigenvalue weighted by atomic mass is 9.85. The first kappa shape index (κ1) is 20.9. The van der Waals surface area contributed by atoms with E-state index < -0.39 is 0 Å². The largest absolute Gasteiger partial charge is 0.356 e. The number of hydrogen-bond acceptors (Lipinski definition) is 2. The Labute approximate surface area is 174 Å². The number of carbonyl (C=O) groups is 1. The molecule has 1 aliphatic rings. The molecule has 2 aromatic rings. The van der Waals surface area contributed by atoms with Gasteiger partial charge in [0.05, 0.1) is 0 Å². The molecule has 5 heteroatoms. The van der Waals surface area contributed by atoms with Crippen molar-refractivity contribution >= 4 is 11.9 Å². The number of likely N-dealkylation sites (tertiary alicyclic amines) is 1. The zero-order valence-electron chi connectivity index (χ0n) is 17.7. The number of nitrogens with one attached hydrogen (secondary N) is 2. The van der Waals surface area contributed by atoms with Gasteiger partial charge in [-0.1, -0.05) is 68.4 Å². The summed E-state index contributed by atoms with van der Waals surface area (Å²) in [6.07, 6.45) is 1.66. The molecular weight excluding hydrogens is 360 g/mol. The smallest absolute Gasteiger partial charge is 0.222 e. The molecule has 1 heterocycles. The lowest BCUT2D eigenvalue weighted by Crippen LogP contribution is -2.43. The summed E-state index contributed by atoms with van der Waals surface area (Å²) in [5.74, 6) is 1.05. The van der Waals surface area contributed by atoms with E-state index in [9.17, 15) is 4.79 Å². The molecular formula is C24H32N4O. The van der Waals surface area contributed by atoms with Crippen LogP contribution in [0.1, 0.15) is 43.4 Å². The highest BCUT2D eigenvalue weighted by molar-refractivity contribution is 5.79. The van der Waals surface area contributed by atoms with Gasteiger partial charge in [0, 0.05) is 45.1 Å². The fraction of sp³-hybridized carbons (Fsp3) is 0.417. The van der Waals surface area contributed by atoms with E-state index in [-0.39, 0.29) is 11.3 Å². The third kappa shape index (κ3) is 5.83. The summed E-state index contributed by atoms with van der Waals surface area (Å²) in [6, 6.07) is 18.9. The minimum Gasteiger partial charge on any atom is -0.356 e. The summed E-state index contributed by atoms with van der Waals surface area (Å²) in [5, 5.41) is 6.84. The van der Waals surface area contributed by atoms with E-state index in [1.54, 1.807) is 7.05 Å². The van der Waals surface area contributed by atoms with Crippen LogP contribution in [-0.2, 0) is 23.3 Å². The molecule has 154 valence electrons. The average molecular weight is 393 g/mol. The van der Waals surface area contributed by atoms with Crippen LogP contribution in [0.3, 0.4) is 0 Å². The van der Waals surface area contributed by atoms with Crippen molar-refractivity contribution in [3.05, 3.63) is 71.3 Å². The van der Waals surface area contributed by atoms with Gasteiger partial charge in [0.1, 0.15) is 0 Å². The number of aliphatic imine (C=N–C) groups is 1. The Morgan fingerprint density at radius 2 is 1.83 bits per heavy atom. The monoisotopic (exact) mass is 392 g/mol. The fourth-order valence-electron chi connectivity index (χ4n) is 3.63. The van der Waals surface area contributed by atoms with Gasteiger partial charge in [-0.25, -0.2) is 0 Å². The van der Waals surface area contributed by atoms with Crippen LogP contribution < -0.4 is 10.6 Å². The Kier molecular flexibility index (Phi) is 6.91. The van der Waals surface area contributed by atoms with Gasteiger partial charge in [0.15, 0.2) is 5.96 Å². The van der Waals surface area contributed by atoms with Crippen LogP contribution in [0.2, 0.25) is 0 Å². The topological polar surface area (TPSA) is 56.7 Å². The first-order valence-corrected chi connectivity index (χ1v) is 10.3. The summed E-state index contributed by atoms with van der Waals surface area (Å²) >= 11 is 0. The molecule has 0 aliphatic carbocycles. The Morgan fingerprint density at radius 3 is 2.52 bits per heavy atom. The van der Waals surface area contributed by atoms with Gasteiger partial charge in [-0.3, -0.25) is 9.79 Å². The van der Waals surface area contributed by atoms with Crippen molar-refractivity contribution in [1.82, 2.24) is 15.5 Å². The summed E-state index contributed by atoms with van der Waals surface area (Å²) < 4.78 is 0. The van der Waals surface area contributed by atoms with E-state index in [1.807, 2.05) is 11.0 Å². The summed E-state index contributed by atoms with van der Waals surface area (Å²) in [4.78, 5) is 18.2. The molecule has 1 fully saturated rings. The quantitative estimate of drug-likeness (QED) is 0.560. The maximum atomic E-state index is 11.9. The minimum absolute atomic E-state index is 0.00105. The van der Waals surface area contributed by atoms with Crippen molar-refractivity contribution in [3.8, 4) is 0 Å². The zero-order chi connectivity index (χ0) is 20.7. The minimum atomic E-state index is 0.00105. The molecule has 0 saturated carbocycles. The Bertz CT molecular complexity index is 845. The van der Waals surface area contributed by atoms with Gasteiger partial charge < -0.3 is 15.5 Å². The molecule has 2 N–H and O–H groups in total. The first-order chi connectivity index (χ1) is 14.0. The molecule has 1 amide bonds. The molecule has 0 atom stereocenters. The van der Waals surface area contributed by atoms with E-state index in [4.69, 9.17) is 0 Å². The maximum Gasteiger partial charge on any atom is 0.222 e. The predicted molar refractivity (Wildman–Crippen MR) is 119 cm³/mol. The third-order valence-corrected chi connectivity index (χ3v) is 5.47. The molecule has 0 spiro atoms. The van der Waals surface area contributed by atoms with Crippen molar-refractivity contribution in [1.29, 1.82) is 0 Å². The Balaban J connectivity index is 1.53. The van der Waals surface area contributed by atoms with Crippen LogP contribution in [0.5, 0.6) is 0 Å². The van der Waals surface area contributed by atoms with Crippen LogP contribution in [0.4, 0.5) is 0 Å². The van der Waals surface area contributed by atoms with Crippen LogP contribution in [0, 0.1) is 0 Å². The molecule has 5 nitrogen and oxygen atoms in total. The van der Waals surface area contributed by atoms with Crippen LogP contribution in [-0.4, -0.2) is 36.9 Å². The molecule has 29 heavy (non-hydrogen) atoms. The van der Waals surface area contributed by atoms with Crippen molar-refractivity contribution in [2.45, 2.75) is 45.2 Å². The highest BCUT2D eigenvalue weighted by Gasteiger charge is 2.21. The lowest BCUT2D eigenvalue weighted by Gasteiger charge is -2.26. The molecule has 0 bridgehead atoms. The third-order valence-electron chi connectivity index (χ3n) is 5.47. The lowest BCUT2D eigenvalue weighted by molar-refractivity contribution is -0.128. The van der Waals surface area contributed by atoms with E-state index in [0.29, 0.717) is 19.5 Å². The second-order valence-electron chi connectivity index (χ2n) is 8.27.